The molecule has 0 unspecified atom stereocenters. The van der Waals surface area contributed by atoms with E-state index in [1.54, 1.807) is 29.1 Å². The van der Waals surface area contributed by atoms with Crippen LogP contribution in [0.1, 0.15) is 42.4 Å². The Kier molecular flexibility index (Phi) is 9.47. The van der Waals surface area contributed by atoms with Crippen molar-refractivity contribution < 1.29 is 19.7 Å². The number of nitro benzene ring substituents is 1. The summed E-state index contributed by atoms with van der Waals surface area (Å²) in [7, 11) is 0. The minimum Gasteiger partial charge on any atom is -0.352 e. The summed E-state index contributed by atoms with van der Waals surface area (Å²) >= 11 is 4.91. The Balaban J connectivity index is 2.12. The average molecular weight is 442 g/mol. The number of nitrogens with zero attached hydrogens (tertiary/aromatic N) is 1. The molecule has 0 spiro atoms. The Morgan fingerprint density at radius 1 is 1.00 bits per heavy atom. The molecule has 31 heavy (non-hydrogen) atoms. The fraction of sp³-hybridized carbons (Fsp3) is 0.227. The molecule has 0 radical (unpaired) electrons. The summed E-state index contributed by atoms with van der Waals surface area (Å²) in [6.45, 7) is 0.410. The van der Waals surface area contributed by atoms with E-state index in [1.807, 2.05) is 24.3 Å². The van der Waals surface area contributed by atoms with Crippen LogP contribution in [0.5, 0.6) is 0 Å². The number of amides is 2. The molecule has 2 aromatic rings. The van der Waals surface area contributed by atoms with Gasteiger partial charge in [0, 0.05) is 36.0 Å². The SMILES string of the molecule is O=C(CCCCCNC(=O)/C(=C\c1ccc(C=S)cc1)c1ccc([N+](=O)[O-])cc1)NO. The van der Waals surface area contributed by atoms with Crippen LogP contribution in [-0.2, 0) is 9.59 Å². The highest BCUT2D eigenvalue weighted by Crippen LogP contribution is 2.22. The van der Waals surface area contributed by atoms with E-state index in [4.69, 9.17) is 17.4 Å². The maximum atomic E-state index is 12.8. The highest BCUT2D eigenvalue weighted by Gasteiger charge is 2.14. The Labute approximate surface area is 185 Å². The van der Waals surface area contributed by atoms with Gasteiger partial charge in [-0.2, -0.15) is 0 Å². The van der Waals surface area contributed by atoms with E-state index in [1.165, 1.54) is 12.1 Å². The molecule has 9 heteroatoms. The number of benzene rings is 2. The van der Waals surface area contributed by atoms with Gasteiger partial charge in [0.2, 0.25) is 5.91 Å². The third-order valence-electron chi connectivity index (χ3n) is 4.51. The molecule has 162 valence electrons. The molecule has 2 amide bonds. The Morgan fingerprint density at radius 2 is 1.65 bits per heavy atom. The van der Waals surface area contributed by atoms with Crippen LogP contribution < -0.4 is 10.8 Å². The van der Waals surface area contributed by atoms with Crippen LogP contribution in [0.3, 0.4) is 0 Å². The molecule has 0 aromatic heterocycles. The van der Waals surface area contributed by atoms with E-state index in [9.17, 15) is 19.7 Å². The lowest BCUT2D eigenvalue weighted by Crippen LogP contribution is -2.25. The van der Waals surface area contributed by atoms with Crippen LogP contribution in [-0.4, -0.2) is 33.9 Å². The lowest BCUT2D eigenvalue weighted by atomic mass is 10.0. The summed E-state index contributed by atoms with van der Waals surface area (Å²) in [5, 5.41) is 23.8. The monoisotopic (exact) mass is 441 g/mol. The summed E-state index contributed by atoms with van der Waals surface area (Å²) in [5.41, 5.74) is 4.13. The van der Waals surface area contributed by atoms with Crippen LogP contribution in [0.15, 0.2) is 48.5 Å². The highest BCUT2D eigenvalue weighted by atomic mass is 32.1. The lowest BCUT2D eigenvalue weighted by molar-refractivity contribution is -0.384. The number of carbonyl (C=O) groups is 2. The van der Waals surface area contributed by atoms with E-state index in [-0.39, 0.29) is 18.0 Å². The van der Waals surface area contributed by atoms with Crippen LogP contribution in [0.25, 0.3) is 11.6 Å². The second kappa shape index (κ2) is 12.3. The Morgan fingerprint density at radius 3 is 2.23 bits per heavy atom. The molecule has 2 aromatic carbocycles. The fourth-order valence-corrected chi connectivity index (χ4v) is 2.98. The van der Waals surface area contributed by atoms with Crippen LogP contribution >= 0.6 is 12.2 Å². The number of unbranched alkanes of at least 4 members (excludes halogenated alkanes) is 2. The molecule has 0 aliphatic rings. The first-order valence-corrected chi connectivity index (χ1v) is 10.1. The third kappa shape index (κ3) is 7.72. The first-order valence-electron chi connectivity index (χ1n) is 9.67. The van der Waals surface area contributed by atoms with Gasteiger partial charge in [-0.1, -0.05) is 42.9 Å². The van der Waals surface area contributed by atoms with Crippen molar-refractivity contribution in [3.8, 4) is 0 Å². The molecule has 0 saturated carbocycles. The second-order valence-electron chi connectivity index (χ2n) is 6.75. The fourth-order valence-electron chi connectivity index (χ4n) is 2.82. The molecular weight excluding hydrogens is 418 g/mol. The van der Waals surface area contributed by atoms with Gasteiger partial charge in [0.1, 0.15) is 0 Å². The van der Waals surface area contributed by atoms with Crippen LogP contribution in [0.2, 0.25) is 0 Å². The van der Waals surface area contributed by atoms with Crippen molar-refractivity contribution in [3.63, 3.8) is 0 Å². The molecule has 0 saturated heterocycles. The summed E-state index contributed by atoms with van der Waals surface area (Å²) in [5.74, 6) is -0.743. The summed E-state index contributed by atoms with van der Waals surface area (Å²) < 4.78 is 0. The lowest BCUT2D eigenvalue weighted by Gasteiger charge is -2.10. The maximum Gasteiger partial charge on any atom is 0.269 e. The molecule has 0 heterocycles. The number of nitro groups is 1. The van der Waals surface area contributed by atoms with E-state index in [0.717, 1.165) is 11.1 Å². The third-order valence-corrected chi connectivity index (χ3v) is 4.78. The van der Waals surface area contributed by atoms with E-state index < -0.39 is 10.8 Å². The number of nitrogens with one attached hydrogen (secondary N) is 2. The number of non-ortho nitro benzene ring substituents is 1. The molecule has 0 fully saturated rings. The van der Waals surface area contributed by atoms with Crippen molar-refractivity contribution >= 4 is 46.7 Å². The molecule has 8 nitrogen and oxygen atoms in total. The van der Waals surface area contributed by atoms with Gasteiger partial charge in [0.05, 0.1) is 4.92 Å². The molecule has 0 aliphatic heterocycles. The molecule has 0 atom stereocenters. The normalized spacial score (nSPS) is 10.9. The van der Waals surface area contributed by atoms with Crippen molar-refractivity contribution in [1.82, 2.24) is 10.8 Å². The number of thiocarbonyl (C=S) groups is 1. The molecule has 0 aliphatic carbocycles. The van der Waals surface area contributed by atoms with Crippen molar-refractivity contribution in [2.75, 3.05) is 6.54 Å². The second-order valence-corrected chi connectivity index (χ2v) is 6.98. The van der Waals surface area contributed by atoms with Crippen molar-refractivity contribution in [1.29, 1.82) is 0 Å². The van der Waals surface area contributed by atoms with Gasteiger partial charge >= 0.3 is 0 Å². The molecule has 0 bridgehead atoms. The standard InChI is InChI=1S/C22H23N3O5S/c26-21(24-28)4-2-1-3-13-23-22(27)20(14-16-5-7-17(15-31)8-6-16)18-9-11-19(12-10-18)25(29)30/h5-12,14-15,28H,1-4,13H2,(H,23,27)(H,24,26)/b20-14-. The van der Waals surface area contributed by atoms with E-state index in [2.05, 4.69) is 5.32 Å². The summed E-state index contributed by atoms with van der Waals surface area (Å²) in [6, 6.07) is 13.2. The van der Waals surface area contributed by atoms with Crippen molar-refractivity contribution in [3.05, 3.63) is 75.3 Å². The van der Waals surface area contributed by atoms with Crippen LogP contribution in [0, 0.1) is 10.1 Å². The van der Waals surface area contributed by atoms with E-state index in [0.29, 0.717) is 36.9 Å². The van der Waals surface area contributed by atoms with Crippen molar-refractivity contribution in [2.24, 2.45) is 0 Å². The zero-order valence-electron chi connectivity index (χ0n) is 16.7. The van der Waals surface area contributed by atoms with Gasteiger partial charge in [-0.25, -0.2) is 5.48 Å². The number of hydrogen-bond acceptors (Lipinski definition) is 6. The molecule has 2 rings (SSSR count). The average Bonchev–Trinajstić information content (AvgIpc) is 2.79. The maximum absolute atomic E-state index is 12.8. The smallest absolute Gasteiger partial charge is 0.269 e. The largest absolute Gasteiger partial charge is 0.352 e. The first-order chi connectivity index (χ1) is 14.9. The van der Waals surface area contributed by atoms with Gasteiger partial charge in [-0.15, -0.1) is 0 Å². The highest BCUT2D eigenvalue weighted by molar-refractivity contribution is 7.79. The predicted octanol–water partition coefficient (Wildman–Crippen LogP) is 3.67. The van der Waals surface area contributed by atoms with Gasteiger partial charge in [-0.3, -0.25) is 24.9 Å². The van der Waals surface area contributed by atoms with Gasteiger partial charge in [-0.05, 0) is 47.7 Å². The molecule has 3 N–H and O–H groups in total. The zero-order chi connectivity index (χ0) is 22.6. The first kappa shape index (κ1) is 23.8. The topological polar surface area (TPSA) is 122 Å². The predicted molar refractivity (Wildman–Crippen MR) is 122 cm³/mol. The summed E-state index contributed by atoms with van der Waals surface area (Å²) in [6.07, 6.45) is 3.91. The minimum atomic E-state index is -0.492. The Bertz CT molecular complexity index is 956. The number of hydroxylamine groups is 1. The van der Waals surface area contributed by atoms with Crippen LogP contribution in [0.4, 0.5) is 5.69 Å². The van der Waals surface area contributed by atoms with Gasteiger partial charge in [0.25, 0.3) is 11.6 Å². The minimum absolute atomic E-state index is 0.0549. The van der Waals surface area contributed by atoms with E-state index >= 15 is 0 Å². The number of rotatable bonds is 11. The van der Waals surface area contributed by atoms with Gasteiger partial charge < -0.3 is 5.32 Å². The zero-order valence-corrected chi connectivity index (χ0v) is 17.6. The Hall–Kier alpha value is -3.43. The van der Waals surface area contributed by atoms with Crippen molar-refractivity contribution in [2.45, 2.75) is 25.7 Å². The van der Waals surface area contributed by atoms with Gasteiger partial charge in [0.15, 0.2) is 0 Å². The molecular formula is C22H23N3O5S. The number of hydrogen-bond donors (Lipinski definition) is 3. The quantitative estimate of drug-likeness (QED) is 0.0930. The summed E-state index contributed by atoms with van der Waals surface area (Å²) in [4.78, 5) is 34.3. The number of carbonyl (C=O) groups excluding carboxylic acids is 2.